The number of hydrogen-bond donors (Lipinski definition) is 2. The molecule has 1 aromatic carbocycles. The Balaban J connectivity index is 1.95. The van der Waals surface area contributed by atoms with Crippen LogP contribution in [-0.4, -0.2) is 68.7 Å². The maximum atomic E-state index is 13.1. The number of amides is 1. The zero-order chi connectivity index (χ0) is 21.2. The van der Waals surface area contributed by atoms with Gasteiger partial charge in [-0.25, -0.2) is 0 Å². The quantitative estimate of drug-likeness (QED) is 0.368. The first-order chi connectivity index (χ1) is 13.8. The van der Waals surface area contributed by atoms with Crippen molar-refractivity contribution in [3.05, 3.63) is 29.8 Å². The summed E-state index contributed by atoms with van der Waals surface area (Å²) in [6, 6.07) is 2.30. The molecular formula is C19H26N2O7S. The molecule has 1 fully saturated rings. The van der Waals surface area contributed by atoms with Gasteiger partial charge < -0.3 is 24.4 Å². The van der Waals surface area contributed by atoms with Crippen molar-refractivity contribution in [3.8, 4) is 11.5 Å². The minimum Gasteiger partial charge on any atom is -0.493 e. The van der Waals surface area contributed by atoms with Crippen LogP contribution < -0.4 is 14.8 Å². The number of benzene rings is 1. The van der Waals surface area contributed by atoms with Crippen molar-refractivity contribution in [3.63, 3.8) is 0 Å². The lowest BCUT2D eigenvalue weighted by Crippen LogP contribution is -2.47. The second kappa shape index (κ2) is 8.60. The van der Waals surface area contributed by atoms with Crippen LogP contribution in [0.5, 0.6) is 11.5 Å². The Labute approximate surface area is 170 Å². The summed E-state index contributed by atoms with van der Waals surface area (Å²) in [4.78, 5) is 14.5. The molecule has 0 saturated carbocycles. The lowest BCUT2D eigenvalue weighted by molar-refractivity contribution is 0.0745. The first kappa shape index (κ1) is 21.4. The first-order valence-electron chi connectivity index (χ1n) is 9.39. The van der Waals surface area contributed by atoms with Crippen LogP contribution in [0.3, 0.4) is 0 Å². The zero-order valence-electron chi connectivity index (χ0n) is 16.5. The molecule has 1 saturated heterocycles. The van der Waals surface area contributed by atoms with E-state index in [9.17, 15) is 17.8 Å². The van der Waals surface area contributed by atoms with Crippen LogP contribution >= 0.6 is 0 Å². The Morgan fingerprint density at radius 2 is 2.07 bits per heavy atom. The molecule has 9 nitrogen and oxygen atoms in total. The predicted molar refractivity (Wildman–Crippen MR) is 107 cm³/mol. The number of ether oxygens (including phenoxy) is 3. The number of hydrogen-bond acceptors (Lipinski definition) is 7. The Bertz CT molecular complexity index is 900. The van der Waals surface area contributed by atoms with E-state index in [0.29, 0.717) is 37.7 Å². The molecule has 0 radical (unpaired) electrons. The highest BCUT2D eigenvalue weighted by Crippen LogP contribution is 2.39. The van der Waals surface area contributed by atoms with Crippen LogP contribution in [0.2, 0.25) is 0 Å². The molecule has 3 rings (SSSR count). The van der Waals surface area contributed by atoms with E-state index >= 15 is 0 Å². The standard InChI is InChI=1S/C19H26N2O7S/c1-4-27-6-5-7-28-17-10-14-13(9-16(17)26-3)19(22)21-11-12(2)8-15(21)18(20-14)29(23,24)25/h9-10,15,18,20H,2,4-8,11H2,1,3H3,(H,23,24,25)/t15-,18?/m0/s1. The van der Waals surface area contributed by atoms with Gasteiger partial charge in [0.1, 0.15) is 0 Å². The Hall–Kier alpha value is -2.30. The molecule has 1 unspecified atom stereocenters. The number of fused-ring (bicyclic) bond motifs is 2. The van der Waals surface area contributed by atoms with Gasteiger partial charge in [0.05, 0.1) is 31.0 Å². The number of rotatable bonds is 8. The van der Waals surface area contributed by atoms with E-state index in [1.807, 2.05) is 6.92 Å². The van der Waals surface area contributed by atoms with Crippen LogP contribution in [0.25, 0.3) is 0 Å². The maximum absolute atomic E-state index is 13.1. The minimum absolute atomic E-state index is 0.231. The molecule has 0 spiro atoms. The van der Waals surface area contributed by atoms with E-state index in [2.05, 4.69) is 11.9 Å². The fourth-order valence-electron chi connectivity index (χ4n) is 3.61. The first-order valence-corrected chi connectivity index (χ1v) is 10.9. The van der Waals surface area contributed by atoms with Crippen LogP contribution in [-0.2, 0) is 14.9 Å². The molecule has 2 N–H and O–H groups in total. The van der Waals surface area contributed by atoms with Crippen molar-refractivity contribution in [2.45, 2.75) is 31.2 Å². The van der Waals surface area contributed by atoms with Gasteiger partial charge in [0.15, 0.2) is 16.9 Å². The molecule has 160 valence electrons. The molecule has 1 amide bonds. The number of methoxy groups -OCH3 is 1. The van der Waals surface area contributed by atoms with Gasteiger partial charge in [-0.2, -0.15) is 8.42 Å². The summed E-state index contributed by atoms with van der Waals surface area (Å²) in [6.07, 6.45) is 0.946. The van der Waals surface area contributed by atoms with E-state index < -0.39 is 21.5 Å². The maximum Gasteiger partial charge on any atom is 0.288 e. The van der Waals surface area contributed by atoms with Crippen LogP contribution in [0.1, 0.15) is 30.1 Å². The van der Waals surface area contributed by atoms with Gasteiger partial charge in [-0.15, -0.1) is 0 Å². The zero-order valence-corrected chi connectivity index (χ0v) is 17.3. The molecule has 10 heteroatoms. The van der Waals surface area contributed by atoms with Gasteiger partial charge in [0, 0.05) is 32.2 Å². The van der Waals surface area contributed by atoms with Crippen LogP contribution in [0, 0.1) is 0 Å². The molecule has 2 heterocycles. The topological polar surface area (TPSA) is 114 Å². The van der Waals surface area contributed by atoms with E-state index in [0.717, 1.165) is 5.57 Å². The average Bonchev–Trinajstić information content (AvgIpc) is 3.00. The fraction of sp³-hybridized carbons (Fsp3) is 0.526. The summed E-state index contributed by atoms with van der Waals surface area (Å²) in [5, 5.41) is 1.45. The predicted octanol–water partition coefficient (Wildman–Crippen LogP) is 1.91. The summed E-state index contributed by atoms with van der Waals surface area (Å²) in [5.41, 5.74) is 1.23. The number of nitrogens with zero attached hydrogens (tertiary/aromatic N) is 1. The molecule has 2 atom stereocenters. The third-order valence-corrected chi connectivity index (χ3v) is 6.02. The summed E-state index contributed by atoms with van der Waals surface area (Å²) >= 11 is 0. The molecule has 1 aromatic rings. The SMILES string of the molecule is C=C1C[C@H]2C(S(=O)(=O)O)Nc3cc(OCCCOCC)c(OC)cc3C(=O)N2C1. The highest BCUT2D eigenvalue weighted by molar-refractivity contribution is 7.86. The number of carbonyl (C=O) groups is 1. The van der Waals surface area contributed by atoms with Gasteiger partial charge in [0.2, 0.25) is 0 Å². The van der Waals surface area contributed by atoms with Crippen molar-refractivity contribution in [2.24, 2.45) is 0 Å². The largest absolute Gasteiger partial charge is 0.493 e. The summed E-state index contributed by atoms with van der Waals surface area (Å²) in [5.74, 6) is 0.363. The second-order valence-electron chi connectivity index (χ2n) is 6.98. The highest BCUT2D eigenvalue weighted by Gasteiger charge is 2.45. The monoisotopic (exact) mass is 426 g/mol. The molecule has 29 heavy (non-hydrogen) atoms. The Morgan fingerprint density at radius 3 is 2.72 bits per heavy atom. The molecule has 0 aromatic heterocycles. The normalized spacial score (nSPS) is 21.3. The number of anilines is 1. The van der Waals surface area contributed by atoms with Crippen molar-refractivity contribution in [1.29, 1.82) is 0 Å². The van der Waals surface area contributed by atoms with E-state index in [-0.39, 0.29) is 30.1 Å². The lowest BCUT2D eigenvalue weighted by atomic mass is 10.1. The molecule has 2 aliphatic heterocycles. The van der Waals surface area contributed by atoms with Crippen molar-refractivity contribution in [1.82, 2.24) is 4.90 Å². The summed E-state index contributed by atoms with van der Waals surface area (Å²) in [6.45, 7) is 7.53. The third-order valence-electron chi connectivity index (χ3n) is 4.95. The summed E-state index contributed by atoms with van der Waals surface area (Å²) < 4.78 is 50.3. The van der Waals surface area contributed by atoms with Crippen molar-refractivity contribution < 1.29 is 32.0 Å². The van der Waals surface area contributed by atoms with Gasteiger partial charge in [0.25, 0.3) is 16.0 Å². The van der Waals surface area contributed by atoms with Crippen molar-refractivity contribution >= 4 is 21.7 Å². The fourth-order valence-corrected chi connectivity index (χ4v) is 4.53. The lowest BCUT2D eigenvalue weighted by Gasteiger charge is -2.26. The molecular weight excluding hydrogens is 400 g/mol. The summed E-state index contributed by atoms with van der Waals surface area (Å²) in [7, 11) is -3.02. The van der Waals surface area contributed by atoms with E-state index in [1.165, 1.54) is 24.1 Å². The third kappa shape index (κ3) is 4.49. The molecule has 0 bridgehead atoms. The number of nitrogens with one attached hydrogen (secondary N) is 1. The van der Waals surface area contributed by atoms with E-state index in [4.69, 9.17) is 14.2 Å². The Kier molecular flexibility index (Phi) is 6.35. The van der Waals surface area contributed by atoms with Crippen LogP contribution in [0.15, 0.2) is 24.3 Å². The smallest absolute Gasteiger partial charge is 0.288 e. The van der Waals surface area contributed by atoms with Gasteiger partial charge in [-0.3, -0.25) is 9.35 Å². The highest BCUT2D eigenvalue weighted by atomic mass is 32.2. The van der Waals surface area contributed by atoms with Gasteiger partial charge in [-0.05, 0) is 19.4 Å². The van der Waals surface area contributed by atoms with Gasteiger partial charge in [-0.1, -0.05) is 12.2 Å². The second-order valence-corrected chi connectivity index (χ2v) is 8.52. The average molecular weight is 426 g/mol. The van der Waals surface area contributed by atoms with E-state index in [1.54, 1.807) is 0 Å². The molecule has 2 aliphatic rings. The molecule has 0 aliphatic carbocycles. The van der Waals surface area contributed by atoms with Crippen molar-refractivity contribution in [2.75, 3.05) is 38.8 Å². The minimum atomic E-state index is -4.48. The Morgan fingerprint density at radius 1 is 1.31 bits per heavy atom. The van der Waals surface area contributed by atoms with Crippen LogP contribution in [0.4, 0.5) is 5.69 Å². The van der Waals surface area contributed by atoms with Gasteiger partial charge >= 0.3 is 0 Å². The number of carbonyl (C=O) groups excluding carboxylic acids is 1.